The lowest BCUT2D eigenvalue weighted by Crippen LogP contribution is -2.52. The molecule has 2 heterocycles. The highest BCUT2D eigenvalue weighted by molar-refractivity contribution is 5.38. The molecule has 6 heteroatoms. The van der Waals surface area contributed by atoms with Crippen molar-refractivity contribution in [1.29, 1.82) is 0 Å². The molecule has 1 aliphatic heterocycles. The molecule has 1 atom stereocenters. The summed E-state index contributed by atoms with van der Waals surface area (Å²) in [4.78, 5) is 18.5. The summed E-state index contributed by atoms with van der Waals surface area (Å²) in [5.74, 6) is 0.490. The molecule has 1 fully saturated rings. The van der Waals surface area contributed by atoms with Crippen molar-refractivity contribution in [3.8, 4) is 0 Å². The van der Waals surface area contributed by atoms with Crippen LogP contribution in [0.25, 0.3) is 0 Å². The standard InChI is InChI=1S/C12H20N4O2/c1-2-4-15-5-3-14-11(12(15)17)16-6-7-18-9-10(16)8-13/h3,5,10H,2,4,6-9,13H2,1H3. The van der Waals surface area contributed by atoms with Gasteiger partial charge in [-0.3, -0.25) is 4.79 Å². The van der Waals surface area contributed by atoms with Crippen LogP contribution in [0.3, 0.4) is 0 Å². The van der Waals surface area contributed by atoms with Crippen LogP contribution in [-0.4, -0.2) is 41.9 Å². The topological polar surface area (TPSA) is 73.4 Å². The fourth-order valence-electron chi connectivity index (χ4n) is 2.18. The van der Waals surface area contributed by atoms with Crippen LogP contribution in [0, 0.1) is 0 Å². The second-order valence-electron chi connectivity index (χ2n) is 4.41. The third-order valence-corrected chi connectivity index (χ3v) is 3.13. The number of morpholine rings is 1. The van der Waals surface area contributed by atoms with E-state index in [0.29, 0.717) is 38.7 Å². The van der Waals surface area contributed by atoms with Crippen LogP contribution in [-0.2, 0) is 11.3 Å². The normalized spacial score (nSPS) is 20.1. The molecule has 1 unspecified atom stereocenters. The lowest BCUT2D eigenvalue weighted by molar-refractivity contribution is 0.0956. The first-order chi connectivity index (χ1) is 8.77. The molecule has 0 saturated carbocycles. The van der Waals surface area contributed by atoms with Gasteiger partial charge in [0.25, 0.3) is 5.56 Å². The molecule has 0 amide bonds. The predicted octanol–water partition coefficient (Wildman–Crippen LogP) is -0.183. The van der Waals surface area contributed by atoms with Crippen molar-refractivity contribution in [2.24, 2.45) is 5.73 Å². The van der Waals surface area contributed by atoms with Gasteiger partial charge in [-0.15, -0.1) is 0 Å². The number of aromatic nitrogens is 2. The van der Waals surface area contributed by atoms with Crippen LogP contribution >= 0.6 is 0 Å². The second kappa shape index (κ2) is 5.97. The van der Waals surface area contributed by atoms with Crippen molar-refractivity contribution in [3.63, 3.8) is 0 Å². The maximum absolute atomic E-state index is 12.3. The molecular formula is C12H20N4O2. The molecule has 0 aromatic carbocycles. The van der Waals surface area contributed by atoms with Crippen LogP contribution in [0.2, 0.25) is 0 Å². The van der Waals surface area contributed by atoms with Gasteiger partial charge in [0, 0.05) is 32.0 Å². The molecule has 100 valence electrons. The number of hydrogen-bond donors (Lipinski definition) is 1. The Morgan fingerprint density at radius 1 is 1.61 bits per heavy atom. The van der Waals surface area contributed by atoms with Crippen LogP contribution in [0.15, 0.2) is 17.2 Å². The molecular weight excluding hydrogens is 232 g/mol. The Morgan fingerprint density at radius 3 is 3.17 bits per heavy atom. The van der Waals surface area contributed by atoms with Gasteiger partial charge in [-0.05, 0) is 6.42 Å². The minimum Gasteiger partial charge on any atom is -0.377 e. The fourth-order valence-corrected chi connectivity index (χ4v) is 2.18. The molecule has 0 spiro atoms. The molecule has 0 aliphatic carbocycles. The molecule has 1 saturated heterocycles. The minimum atomic E-state index is -0.0419. The van der Waals surface area contributed by atoms with E-state index in [9.17, 15) is 4.79 Å². The molecule has 1 aliphatic rings. The van der Waals surface area contributed by atoms with Crippen LogP contribution < -0.4 is 16.2 Å². The summed E-state index contributed by atoms with van der Waals surface area (Å²) in [6, 6.07) is 0.0384. The Bertz CT molecular complexity index is 446. The summed E-state index contributed by atoms with van der Waals surface area (Å²) >= 11 is 0. The van der Waals surface area contributed by atoms with E-state index in [1.54, 1.807) is 17.0 Å². The summed E-state index contributed by atoms with van der Waals surface area (Å²) in [5, 5.41) is 0. The Hall–Kier alpha value is -1.40. The lowest BCUT2D eigenvalue weighted by atomic mass is 10.2. The van der Waals surface area contributed by atoms with E-state index in [1.165, 1.54) is 0 Å². The summed E-state index contributed by atoms with van der Waals surface area (Å²) in [6.45, 7) is 5.06. The monoisotopic (exact) mass is 252 g/mol. The first-order valence-electron chi connectivity index (χ1n) is 6.37. The third kappa shape index (κ3) is 2.54. The Morgan fingerprint density at radius 2 is 2.44 bits per heavy atom. The van der Waals surface area contributed by atoms with Crippen molar-refractivity contribution in [2.45, 2.75) is 25.9 Å². The van der Waals surface area contributed by atoms with Gasteiger partial charge in [-0.1, -0.05) is 6.92 Å². The summed E-state index contributed by atoms with van der Waals surface area (Å²) in [5.41, 5.74) is 5.68. The number of hydrogen-bond acceptors (Lipinski definition) is 5. The maximum atomic E-state index is 12.3. The predicted molar refractivity (Wildman–Crippen MR) is 69.8 cm³/mol. The van der Waals surface area contributed by atoms with Gasteiger partial charge in [0.05, 0.1) is 19.3 Å². The van der Waals surface area contributed by atoms with Gasteiger partial charge in [-0.2, -0.15) is 0 Å². The SMILES string of the molecule is CCCn1ccnc(N2CCOCC2CN)c1=O. The number of nitrogens with two attached hydrogens (primary N) is 1. The van der Waals surface area contributed by atoms with E-state index in [-0.39, 0.29) is 11.6 Å². The summed E-state index contributed by atoms with van der Waals surface area (Å²) in [6.07, 6.45) is 4.33. The minimum absolute atomic E-state index is 0.0384. The van der Waals surface area contributed by atoms with Gasteiger partial charge >= 0.3 is 0 Å². The summed E-state index contributed by atoms with van der Waals surface area (Å²) < 4.78 is 7.08. The lowest BCUT2D eigenvalue weighted by Gasteiger charge is -2.35. The molecule has 2 N–H and O–H groups in total. The quantitative estimate of drug-likeness (QED) is 0.804. The number of ether oxygens (including phenoxy) is 1. The van der Waals surface area contributed by atoms with Gasteiger partial charge in [-0.25, -0.2) is 4.98 Å². The number of nitrogens with zero attached hydrogens (tertiary/aromatic N) is 3. The maximum Gasteiger partial charge on any atom is 0.293 e. The van der Waals surface area contributed by atoms with Crippen molar-refractivity contribution in [2.75, 3.05) is 31.2 Å². The average molecular weight is 252 g/mol. The molecule has 2 rings (SSSR count). The van der Waals surface area contributed by atoms with Gasteiger partial charge in [0.2, 0.25) is 0 Å². The number of rotatable bonds is 4. The van der Waals surface area contributed by atoms with Crippen LogP contribution in [0.5, 0.6) is 0 Å². The van der Waals surface area contributed by atoms with Crippen molar-refractivity contribution >= 4 is 5.82 Å². The fraction of sp³-hybridized carbons (Fsp3) is 0.667. The highest BCUT2D eigenvalue weighted by Gasteiger charge is 2.25. The van der Waals surface area contributed by atoms with Gasteiger partial charge < -0.3 is 19.9 Å². The van der Waals surface area contributed by atoms with Crippen LogP contribution in [0.4, 0.5) is 5.82 Å². The first-order valence-corrected chi connectivity index (χ1v) is 6.37. The Kier molecular flexibility index (Phi) is 4.33. The zero-order valence-electron chi connectivity index (χ0n) is 10.7. The zero-order valence-corrected chi connectivity index (χ0v) is 10.7. The number of aryl methyl sites for hydroxylation is 1. The Balaban J connectivity index is 2.31. The van der Waals surface area contributed by atoms with Crippen molar-refractivity contribution in [1.82, 2.24) is 9.55 Å². The van der Waals surface area contributed by atoms with Gasteiger partial charge in [0.1, 0.15) is 0 Å². The molecule has 0 bridgehead atoms. The van der Waals surface area contributed by atoms with E-state index >= 15 is 0 Å². The van der Waals surface area contributed by atoms with Crippen molar-refractivity contribution < 1.29 is 4.74 Å². The molecule has 6 nitrogen and oxygen atoms in total. The van der Waals surface area contributed by atoms with Crippen molar-refractivity contribution in [3.05, 3.63) is 22.7 Å². The zero-order chi connectivity index (χ0) is 13.0. The molecule has 18 heavy (non-hydrogen) atoms. The highest BCUT2D eigenvalue weighted by Crippen LogP contribution is 2.12. The molecule has 1 aromatic rings. The molecule has 0 radical (unpaired) electrons. The van der Waals surface area contributed by atoms with E-state index in [2.05, 4.69) is 4.98 Å². The highest BCUT2D eigenvalue weighted by atomic mass is 16.5. The van der Waals surface area contributed by atoms with E-state index in [0.717, 1.165) is 6.42 Å². The first kappa shape index (κ1) is 13.0. The number of anilines is 1. The average Bonchev–Trinajstić information content (AvgIpc) is 2.41. The summed E-state index contributed by atoms with van der Waals surface area (Å²) in [7, 11) is 0. The van der Waals surface area contributed by atoms with E-state index < -0.39 is 0 Å². The van der Waals surface area contributed by atoms with Crippen LogP contribution in [0.1, 0.15) is 13.3 Å². The largest absolute Gasteiger partial charge is 0.377 e. The Labute approximate surface area is 106 Å². The van der Waals surface area contributed by atoms with E-state index in [1.807, 2.05) is 11.8 Å². The van der Waals surface area contributed by atoms with E-state index in [4.69, 9.17) is 10.5 Å². The smallest absolute Gasteiger partial charge is 0.293 e. The third-order valence-electron chi connectivity index (χ3n) is 3.13. The van der Waals surface area contributed by atoms with Gasteiger partial charge in [0.15, 0.2) is 5.82 Å². The molecule has 1 aromatic heterocycles. The second-order valence-corrected chi connectivity index (χ2v) is 4.41.